The Morgan fingerprint density at radius 1 is 0.351 bits per heavy atom. The first-order valence-corrected chi connectivity index (χ1v) is 20.2. The molecule has 0 atom stereocenters. The van der Waals surface area contributed by atoms with Gasteiger partial charge in [0.15, 0.2) is 0 Å². The van der Waals surface area contributed by atoms with E-state index >= 15 is 0 Å². The minimum atomic E-state index is 0.894. The molecule has 0 N–H and O–H groups in total. The summed E-state index contributed by atoms with van der Waals surface area (Å²) in [5, 5.41) is 4.83. The Morgan fingerprint density at radius 3 is 1.49 bits per heavy atom. The summed E-state index contributed by atoms with van der Waals surface area (Å²) in [6.45, 7) is 0. The molecule has 0 saturated carbocycles. The van der Waals surface area contributed by atoms with Crippen LogP contribution in [0.5, 0.6) is 0 Å². The van der Waals surface area contributed by atoms with Crippen LogP contribution in [0.25, 0.3) is 86.6 Å². The van der Waals surface area contributed by atoms with Gasteiger partial charge in [0.1, 0.15) is 11.2 Å². The maximum atomic E-state index is 6.68. The average Bonchev–Trinajstić information content (AvgIpc) is 3.88. The maximum absolute atomic E-state index is 6.68. The van der Waals surface area contributed by atoms with E-state index in [9.17, 15) is 0 Å². The highest BCUT2D eigenvalue weighted by molar-refractivity contribution is 7.26. The summed E-state index contributed by atoms with van der Waals surface area (Å²) in [5.74, 6) is 0. The van der Waals surface area contributed by atoms with Crippen LogP contribution in [0.2, 0.25) is 0 Å². The third-order valence-corrected chi connectivity index (χ3v) is 12.3. The minimum Gasteiger partial charge on any atom is -0.455 e. The van der Waals surface area contributed by atoms with Gasteiger partial charge in [0.25, 0.3) is 0 Å². The number of anilines is 3. The zero-order chi connectivity index (χ0) is 37.7. The first-order valence-electron chi connectivity index (χ1n) is 19.3. The molecule has 0 aliphatic heterocycles. The van der Waals surface area contributed by atoms with Crippen LogP contribution in [0.3, 0.4) is 0 Å². The van der Waals surface area contributed by atoms with Crippen LogP contribution in [-0.4, -0.2) is 0 Å². The molecule has 0 spiro atoms. The molecule has 0 unspecified atom stereocenters. The largest absolute Gasteiger partial charge is 0.455 e. The Labute approximate surface area is 335 Å². The number of thiophene rings is 1. The van der Waals surface area contributed by atoms with Gasteiger partial charge in [0, 0.05) is 43.2 Å². The van der Waals surface area contributed by atoms with Crippen LogP contribution in [-0.2, 0) is 0 Å². The van der Waals surface area contributed by atoms with Gasteiger partial charge in [0.2, 0.25) is 0 Å². The molecule has 11 rings (SSSR count). The summed E-state index contributed by atoms with van der Waals surface area (Å²) in [4.78, 5) is 2.42. The van der Waals surface area contributed by atoms with E-state index in [0.717, 1.165) is 50.1 Å². The molecule has 2 heterocycles. The third-order valence-electron chi connectivity index (χ3n) is 11.1. The monoisotopic (exact) mass is 745 g/mol. The summed E-state index contributed by atoms with van der Waals surface area (Å²) in [5.41, 5.74) is 14.5. The quantitative estimate of drug-likeness (QED) is 0.162. The molecule has 0 bridgehead atoms. The molecular formula is C54H35NOS. The number of para-hydroxylation sites is 1. The van der Waals surface area contributed by atoms with Crippen molar-refractivity contribution in [2.24, 2.45) is 0 Å². The molecule has 11 aromatic rings. The van der Waals surface area contributed by atoms with Gasteiger partial charge in [-0.1, -0.05) is 164 Å². The standard InChI is InChI=1S/C54H35NOS/c1-4-14-36(15-5-1)37-24-28-41(29-25-37)55(48-35-34-44(39-18-8-3-9-19-39)52-47-21-11-13-23-50(47)57-54(48)52)42-30-26-40(27-31-42)45-33-32-43(38-16-6-2-7-17-38)51-46-20-10-12-22-49(46)56-53(45)51/h1-35H. The Balaban J connectivity index is 1.09. The Bertz CT molecular complexity index is 3200. The van der Waals surface area contributed by atoms with Gasteiger partial charge < -0.3 is 9.32 Å². The highest BCUT2D eigenvalue weighted by Crippen LogP contribution is 2.49. The minimum absolute atomic E-state index is 0.894. The van der Waals surface area contributed by atoms with Gasteiger partial charge in [-0.05, 0) is 87.5 Å². The molecule has 3 heteroatoms. The van der Waals surface area contributed by atoms with Crippen LogP contribution in [0.4, 0.5) is 17.1 Å². The van der Waals surface area contributed by atoms with E-state index in [4.69, 9.17) is 4.42 Å². The lowest BCUT2D eigenvalue weighted by molar-refractivity contribution is 0.670. The Kier molecular flexibility index (Phi) is 8.04. The second kappa shape index (κ2) is 13.8. The van der Waals surface area contributed by atoms with Crippen LogP contribution in [0.15, 0.2) is 217 Å². The van der Waals surface area contributed by atoms with Crippen molar-refractivity contribution in [1.82, 2.24) is 0 Å². The van der Waals surface area contributed by atoms with Gasteiger partial charge >= 0.3 is 0 Å². The summed E-state index contributed by atoms with van der Waals surface area (Å²) >= 11 is 1.86. The van der Waals surface area contributed by atoms with E-state index < -0.39 is 0 Å². The maximum Gasteiger partial charge on any atom is 0.143 e. The summed E-state index contributed by atoms with van der Waals surface area (Å²) in [6, 6.07) is 76.2. The lowest BCUT2D eigenvalue weighted by atomic mass is 9.94. The number of furan rings is 1. The van der Waals surface area contributed by atoms with Crippen LogP contribution < -0.4 is 4.90 Å². The van der Waals surface area contributed by atoms with Crippen molar-refractivity contribution >= 4 is 70.5 Å². The van der Waals surface area contributed by atoms with Gasteiger partial charge in [-0.2, -0.15) is 0 Å². The van der Waals surface area contributed by atoms with Gasteiger partial charge in [-0.3, -0.25) is 0 Å². The number of nitrogens with zero attached hydrogens (tertiary/aromatic N) is 1. The number of hydrogen-bond acceptors (Lipinski definition) is 3. The lowest BCUT2D eigenvalue weighted by Gasteiger charge is -2.27. The van der Waals surface area contributed by atoms with Crippen molar-refractivity contribution in [1.29, 1.82) is 0 Å². The van der Waals surface area contributed by atoms with Crippen molar-refractivity contribution in [2.75, 3.05) is 4.90 Å². The smallest absolute Gasteiger partial charge is 0.143 e. The molecule has 0 saturated heterocycles. The molecule has 9 aromatic carbocycles. The normalized spacial score (nSPS) is 11.5. The van der Waals surface area contributed by atoms with Crippen molar-refractivity contribution in [2.45, 2.75) is 0 Å². The number of hydrogen-bond donors (Lipinski definition) is 0. The average molecular weight is 746 g/mol. The topological polar surface area (TPSA) is 16.4 Å². The van der Waals surface area contributed by atoms with E-state index in [0.29, 0.717) is 0 Å². The van der Waals surface area contributed by atoms with Crippen molar-refractivity contribution in [3.8, 4) is 44.5 Å². The van der Waals surface area contributed by atoms with E-state index in [2.05, 4.69) is 211 Å². The summed E-state index contributed by atoms with van der Waals surface area (Å²) in [7, 11) is 0. The van der Waals surface area contributed by atoms with Crippen LogP contribution in [0, 0.1) is 0 Å². The molecule has 0 radical (unpaired) electrons. The molecule has 0 fully saturated rings. The Hall–Kier alpha value is -7.20. The second-order valence-corrected chi connectivity index (χ2v) is 15.5. The van der Waals surface area contributed by atoms with Crippen LogP contribution >= 0.6 is 11.3 Å². The fourth-order valence-electron chi connectivity index (χ4n) is 8.41. The van der Waals surface area contributed by atoms with Crippen molar-refractivity contribution in [3.05, 3.63) is 212 Å². The SMILES string of the molecule is c1ccc(-c2ccc(N(c3ccc(-c4ccc(-c5ccccc5)c5c4oc4ccccc45)cc3)c3ccc(-c4ccccc4)c4c3sc3ccccc34)cc2)cc1. The molecule has 0 aliphatic carbocycles. The fourth-order valence-corrected chi connectivity index (χ4v) is 9.65. The van der Waals surface area contributed by atoms with Gasteiger partial charge in [0.05, 0.1) is 10.4 Å². The van der Waals surface area contributed by atoms with Gasteiger partial charge in [-0.15, -0.1) is 11.3 Å². The third kappa shape index (κ3) is 5.71. The molecule has 2 aromatic heterocycles. The van der Waals surface area contributed by atoms with Crippen LogP contribution in [0.1, 0.15) is 0 Å². The molecule has 0 aliphatic rings. The molecular weight excluding hydrogens is 711 g/mol. The lowest BCUT2D eigenvalue weighted by Crippen LogP contribution is -2.10. The van der Waals surface area contributed by atoms with Crippen molar-refractivity contribution < 1.29 is 4.42 Å². The van der Waals surface area contributed by atoms with Gasteiger partial charge in [-0.25, -0.2) is 0 Å². The zero-order valence-electron chi connectivity index (χ0n) is 31.0. The fraction of sp³-hybridized carbons (Fsp3) is 0. The van der Waals surface area contributed by atoms with Crippen molar-refractivity contribution in [3.63, 3.8) is 0 Å². The molecule has 0 amide bonds. The predicted molar refractivity (Wildman–Crippen MR) is 243 cm³/mol. The first-order chi connectivity index (χ1) is 28.3. The second-order valence-electron chi connectivity index (χ2n) is 14.4. The zero-order valence-corrected chi connectivity index (χ0v) is 31.8. The number of benzene rings is 9. The highest BCUT2D eigenvalue weighted by Gasteiger charge is 2.22. The van der Waals surface area contributed by atoms with E-state index in [1.807, 2.05) is 17.4 Å². The number of fused-ring (bicyclic) bond motifs is 6. The molecule has 57 heavy (non-hydrogen) atoms. The molecule has 2 nitrogen and oxygen atoms in total. The Morgan fingerprint density at radius 2 is 0.825 bits per heavy atom. The highest BCUT2D eigenvalue weighted by atomic mass is 32.1. The molecule has 268 valence electrons. The van der Waals surface area contributed by atoms with E-state index in [1.165, 1.54) is 53.6 Å². The predicted octanol–water partition coefficient (Wildman–Crippen LogP) is 16.1. The van der Waals surface area contributed by atoms with E-state index in [1.54, 1.807) is 0 Å². The first kappa shape index (κ1) is 33.2. The van der Waals surface area contributed by atoms with E-state index in [-0.39, 0.29) is 0 Å². The summed E-state index contributed by atoms with van der Waals surface area (Å²) < 4.78 is 9.22. The summed E-state index contributed by atoms with van der Waals surface area (Å²) in [6.07, 6.45) is 0. The number of rotatable bonds is 7.